The number of rotatable bonds is 5. The van der Waals surface area contributed by atoms with Gasteiger partial charge < -0.3 is 19.9 Å². The van der Waals surface area contributed by atoms with E-state index in [2.05, 4.69) is 11.9 Å². The molecule has 7 heteroatoms. The van der Waals surface area contributed by atoms with E-state index in [0.717, 1.165) is 12.8 Å². The van der Waals surface area contributed by atoms with E-state index in [1.165, 1.54) is 0 Å². The van der Waals surface area contributed by atoms with Gasteiger partial charge in [0.1, 0.15) is 0 Å². The van der Waals surface area contributed by atoms with Crippen LogP contribution in [-0.4, -0.2) is 66.5 Å². The largest absolute Gasteiger partial charge is 0.450 e. The number of hydrogen-bond donors (Lipinski definition) is 1. The van der Waals surface area contributed by atoms with Gasteiger partial charge in [0.25, 0.3) is 0 Å². The van der Waals surface area contributed by atoms with Gasteiger partial charge in [0.2, 0.25) is 11.8 Å². The topological polar surface area (TPSA) is 79.0 Å². The maximum Gasteiger partial charge on any atom is 0.409 e. The molecule has 0 spiro atoms. The second-order valence-corrected chi connectivity index (χ2v) is 5.90. The van der Waals surface area contributed by atoms with Crippen molar-refractivity contribution in [2.45, 2.75) is 32.2 Å². The summed E-state index contributed by atoms with van der Waals surface area (Å²) in [6.45, 7) is 7.76. The standard InChI is InChI=1S/C16H25N3O4/c1-3-7-17-15(21)12-10-14(20)19(11-12)13-5-8-18(9-6-13)16(22)23-4-2/h3,12-13H,1,4-11H2,2H3,(H,17,21). The summed E-state index contributed by atoms with van der Waals surface area (Å²) in [6, 6.07) is 0.102. The fourth-order valence-corrected chi connectivity index (χ4v) is 3.15. The van der Waals surface area contributed by atoms with Crippen molar-refractivity contribution >= 4 is 17.9 Å². The zero-order chi connectivity index (χ0) is 16.8. The lowest BCUT2D eigenvalue weighted by molar-refractivity contribution is -0.131. The van der Waals surface area contributed by atoms with Crippen molar-refractivity contribution in [3.05, 3.63) is 12.7 Å². The number of piperidine rings is 1. The first kappa shape index (κ1) is 17.3. The van der Waals surface area contributed by atoms with Crippen LogP contribution in [0.3, 0.4) is 0 Å². The van der Waals surface area contributed by atoms with Crippen molar-refractivity contribution < 1.29 is 19.1 Å². The summed E-state index contributed by atoms with van der Waals surface area (Å²) in [5.41, 5.74) is 0. The normalized spacial score (nSPS) is 22.1. The molecule has 2 heterocycles. The molecule has 7 nitrogen and oxygen atoms in total. The van der Waals surface area contributed by atoms with Crippen molar-refractivity contribution in [3.63, 3.8) is 0 Å². The van der Waals surface area contributed by atoms with Crippen LogP contribution in [0.2, 0.25) is 0 Å². The van der Waals surface area contributed by atoms with Crippen molar-refractivity contribution in [1.82, 2.24) is 15.1 Å². The maximum atomic E-state index is 12.2. The number of hydrogen-bond acceptors (Lipinski definition) is 4. The Morgan fingerprint density at radius 2 is 2.09 bits per heavy atom. The molecule has 0 radical (unpaired) electrons. The SMILES string of the molecule is C=CCNC(=O)C1CC(=O)N(C2CCN(C(=O)OCC)CC2)C1. The molecule has 0 aromatic carbocycles. The second kappa shape index (κ2) is 7.99. The molecular formula is C16H25N3O4. The molecule has 2 aliphatic heterocycles. The molecule has 2 rings (SSSR count). The van der Waals surface area contributed by atoms with Gasteiger partial charge in [-0.05, 0) is 19.8 Å². The van der Waals surface area contributed by atoms with Crippen LogP contribution in [0.5, 0.6) is 0 Å². The number of nitrogens with zero attached hydrogens (tertiary/aromatic N) is 2. The number of likely N-dealkylation sites (tertiary alicyclic amines) is 2. The first-order chi connectivity index (χ1) is 11.1. The van der Waals surface area contributed by atoms with E-state index in [1.807, 2.05) is 0 Å². The molecule has 0 aliphatic carbocycles. The van der Waals surface area contributed by atoms with Gasteiger partial charge in [-0.2, -0.15) is 0 Å². The quantitative estimate of drug-likeness (QED) is 0.758. The third-order valence-electron chi connectivity index (χ3n) is 4.38. The zero-order valence-corrected chi connectivity index (χ0v) is 13.6. The lowest BCUT2D eigenvalue weighted by atomic mass is 10.0. The van der Waals surface area contributed by atoms with E-state index < -0.39 is 0 Å². The van der Waals surface area contributed by atoms with Gasteiger partial charge in [0.15, 0.2) is 0 Å². The smallest absolute Gasteiger partial charge is 0.409 e. The van der Waals surface area contributed by atoms with Gasteiger partial charge >= 0.3 is 6.09 Å². The van der Waals surface area contributed by atoms with E-state index in [4.69, 9.17) is 4.74 Å². The Morgan fingerprint density at radius 1 is 1.39 bits per heavy atom. The molecule has 1 unspecified atom stereocenters. The highest BCUT2D eigenvalue weighted by molar-refractivity contribution is 5.89. The lowest BCUT2D eigenvalue weighted by Crippen LogP contribution is -2.47. The molecule has 0 saturated carbocycles. The van der Waals surface area contributed by atoms with E-state index in [1.54, 1.807) is 22.8 Å². The summed E-state index contributed by atoms with van der Waals surface area (Å²) in [5.74, 6) is -0.353. The van der Waals surface area contributed by atoms with Crippen LogP contribution in [-0.2, 0) is 14.3 Å². The summed E-state index contributed by atoms with van der Waals surface area (Å²) in [7, 11) is 0. The molecule has 128 valence electrons. The van der Waals surface area contributed by atoms with Crippen LogP contribution < -0.4 is 5.32 Å². The van der Waals surface area contributed by atoms with Crippen LogP contribution in [0.1, 0.15) is 26.2 Å². The Morgan fingerprint density at radius 3 is 2.70 bits per heavy atom. The molecule has 2 saturated heterocycles. The molecule has 1 atom stereocenters. The molecule has 0 aromatic rings. The summed E-state index contributed by atoms with van der Waals surface area (Å²) in [6.07, 6.45) is 3.05. The summed E-state index contributed by atoms with van der Waals surface area (Å²) in [4.78, 5) is 39.4. The maximum absolute atomic E-state index is 12.2. The Hall–Kier alpha value is -2.05. The van der Waals surface area contributed by atoms with Gasteiger partial charge in [-0.25, -0.2) is 4.79 Å². The van der Waals surface area contributed by atoms with Crippen molar-refractivity contribution in [2.24, 2.45) is 5.92 Å². The van der Waals surface area contributed by atoms with Gasteiger partial charge in [-0.15, -0.1) is 6.58 Å². The van der Waals surface area contributed by atoms with Gasteiger partial charge in [0, 0.05) is 38.6 Å². The molecule has 0 aromatic heterocycles. The van der Waals surface area contributed by atoms with Crippen LogP contribution >= 0.6 is 0 Å². The highest BCUT2D eigenvalue weighted by Crippen LogP contribution is 2.26. The van der Waals surface area contributed by atoms with E-state index in [9.17, 15) is 14.4 Å². The van der Waals surface area contributed by atoms with Crippen LogP contribution in [0.15, 0.2) is 12.7 Å². The third kappa shape index (κ3) is 4.24. The highest BCUT2D eigenvalue weighted by atomic mass is 16.6. The van der Waals surface area contributed by atoms with Gasteiger partial charge in [-0.3, -0.25) is 9.59 Å². The minimum absolute atomic E-state index is 0.0262. The average Bonchev–Trinajstić information content (AvgIpc) is 2.95. The monoisotopic (exact) mass is 323 g/mol. The minimum Gasteiger partial charge on any atom is -0.450 e. The fourth-order valence-electron chi connectivity index (χ4n) is 3.15. The Bertz CT molecular complexity index is 472. The number of ether oxygens (including phenoxy) is 1. The van der Waals surface area contributed by atoms with Crippen LogP contribution in [0, 0.1) is 5.92 Å². The van der Waals surface area contributed by atoms with Crippen molar-refractivity contribution in [1.29, 1.82) is 0 Å². The van der Waals surface area contributed by atoms with E-state index in [0.29, 0.717) is 32.8 Å². The van der Waals surface area contributed by atoms with Crippen LogP contribution in [0.4, 0.5) is 4.79 Å². The molecule has 1 N–H and O–H groups in total. The summed E-state index contributed by atoms with van der Waals surface area (Å²) in [5, 5.41) is 2.75. The summed E-state index contributed by atoms with van der Waals surface area (Å²) < 4.78 is 4.99. The zero-order valence-electron chi connectivity index (χ0n) is 13.6. The number of nitrogens with one attached hydrogen (secondary N) is 1. The Balaban J connectivity index is 1.84. The second-order valence-electron chi connectivity index (χ2n) is 5.90. The van der Waals surface area contributed by atoms with Gasteiger partial charge in [0.05, 0.1) is 12.5 Å². The van der Waals surface area contributed by atoms with Crippen LogP contribution in [0.25, 0.3) is 0 Å². The van der Waals surface area contributed by atoms with Gasteiger partial charge in [-0.1, -0.05) is 6.08 Å². The highest BCUT2D eigenvalue weighted by Gasteiger charge is 2.39. The van der Waals surface area contributed by atoms with E-state index >= 15 is 0 Å². The molecule has 23 heavy (non-hydrogen) atoms. The Labute approximate surface area is 136 Å². The third-order valence-corrected chi connectivity index (χ3v) is 4.38. The van der Waals surface area contributed by atoms with E-state index in [-0.39, 0.29) is 36.3 Å². The number of amides is 3. The molecule has 2 aliphatic rings. The minimum atomic E-state index is -0.291. The first-order valence-corrected chi connectivity index (χ1v) is 8.16. The number of carbonyl (C=O) groups excluding carboxylic acids is 3. The predicted octanol–water partition coefficient (Wildman–Crippen LogP) is 0.758. The molecule has 0 bridgehead atoms. The molecule has 3 amide bonds. The molecular weight excluding hydrogens is 298 g/mol. The fraction of sp³-hybridized carbons (Fsp3) is 0.688. The predicted molar refractivity (Wildman–Crippen MR) is 84.6 cm³/mol. The van der Waals surface area contributed by atoms with Crippen molar-refractivity contribution in [3.8, 4) is 0 Å². The molecule has 2 fully saturated rings. The Kier molecular flexibility index (Phi) is 6.01. The number of carbonyl (C=O) groups is 3. The summed E-state index contributed by atoms with van der Waals surface area (Å²) >= 11 is 0. The van der Waals surface area contributed by atoms with Crippen molar-refractivity contribution in [2.75, 3.05) is 32.8 Å². The average molecular weight is 323 g/mol. The first-order valence-electron chi connectivity index (χ1n) is 8.16. The lowest BCUT2D eigenvalue weighted by Gasteiger charge is -2.36.